The number of nitrogens with one attached hydrogen (secondary N) is 1. The normalized spacial score (nSPS) is 11.8. The number of hydrogen-bond donors (Lipinski definition) is 0. The second-order valence-electron chi connectivity index (χ2n) is 7.04. The molecule has 0 aliphatic carbocycles. The van der Waals surface area contributed by atoms with Crippen LogP contribution >= 0.6 is 0 Å². The molecule has 1 N–H and O–H groups in total. The number of aryl methyl sites for hydroxylation is 1. The lowest BCUT2D eigenvalue weighted by Gasteiger charge is -1.99. The van der Waals surface area contributed by atoms with Crippen LogP contribution in [0.4, 0.5) is 0 Å². The summed E-state index contributed by atoms with van der Waals surface area (Å²) in [5.41, 5.74) is 5.00. The second-order valence-corrected chi connectivity index (χ2v) is 7.04. The zero-order valence-electron chi connectivity index (χ0n) is 16.4. The SMILES string of the molecule is C=CCn1c[nH+]c2c(c1=O)c1nc3ccccc3nc1n2/N=C/c1ccccc1C. The number of rotatable bonds is 4. The van der Waals surface area contributed by atoms with E-state index in [1.807, 2.05) is 55.5 Å². The van der Waals surface area contributed by atoms with Crippen LogP contribution in [0.2, 0.25) is 0 Å². The summed E-state index contributed by atoms with van der Waals surface area (Å²) in [7, 11) is 0. The summed E-state index contributed by atoms with van der Waals surface area (Å²) in [6.07, 6.45) is 5.08. The van der Waals surface area contributed by atoms with Crippen LogP contribution in [0, 0.1) is 6.92 Å². The minimum atomic E-state index is -0.164. The van der Waals surface area contributed by atoms with Gasteiger partial charge in [-0.15, -0.1) is 9.78 Å². The lowest BCUT2D eigenvalue weighted by atomic mass is 10.1. The standard InChI is InChI=1S/C23H18N6O/c1-3-12-28-14-24-21-19(23(28)30)20-22(27-18-11-7-6-10-17(18)26-20)29(21)25-13-16-9-5-4-8-15(16)2/h3-11,13-14H,1,12H2,2H3/p+1/b25-13+. The predicted molar refractivity (Wildman–Crippen MR) is 118 cm³/mol. The first-order chi connectivity index (χ1) is 14.7. The van der Waals surface area contributed by atoms with Crippen LogP contribution in [0.3, 0.4) is 0 Å². The highest BCUT2D eigenvalue weighted by Crippen LogP contribution is 2.23. The van der Waals surface area contributed by atoms with E-state index in [0.29, 0.717) is 28.7 Å². The smallest absolute Gasteiger partial charge is 0.250 e. The molecule has 0 saturated carbocycles. The Kier molecular flexibility index (Phi) is 4.21. The zero-order chi connectivity index (χ0) is 20.7. The number of aromatic nitrogens is 5. The van der Waals surface area contributed by atoms with Gasteiger partial charge in [0.05, 0.1) is 23.8 Å². The Balaban J connectivity index is 1.86. The van der Waals surface area contributed by atoms with Gasteiger partial charge >= 0.3 is 5.56 Å². The summed E-state index contributed by atoms with van der Waals surface area (Å²) in [5.74, 6) is 0. The van der Waals surface area contributed by atoms with Gasteiger partial charge in [-0.25, -0.2) is 24.3 Å². The fraction of sp³-hybridized carbons (Fsp3) is 0.0870. The van der Waals surface area contributed by atoms with Crippen LogP contribution in [-0.2, 0) is 6.54 Å². The van der Waals surface area contributed by atoms with Crippen LogP contribution in [0.15, 0.2) is 77.4 Å². The molecule has 3 heterocycles. The lowest BCUT2D eigenvalue weighted by Crippen LogP contribution is -2.26. The molecule has 0 atom stereocenters. The third-order valence-corrected chi connectivity index (χ3v) is 5.10. The van der Waals surface area contributed by atoms with Gasteiger partial charge in [-0.1, -0.05) is 49.1 Å². The van der Waals surface area contributed by atoms with Crippen molar-refractivity contribution in [1.29, 1.82) is 0 Å². The van der Waals surface area contributed by atoms with Crippen molar-refractivity contribution in [2.45, 2.75) is 13.5 Å². The van der Waals surface area contributed by atoms with Crippen LogP contribution in [0.25, 0.3) is 33.2 Å². The molecule has 30 heavy (non-hydrogen) atoms. The van der Waals surface area contributed by atoms with E-state index >= 15 is 0 Å². The zero-order valence-corrected chi connectivity index (χ0v) is 16.4. The average Bonchev–Trinajstić information content (AvgIpc) is 3.07. The van der Waals surface area contributed by atoms with Gasteiger partial charge in [-0.2, -0.15) is 0 Å². The number of benzene rings is 2. The average molecular weight is 395 g/mol. The molecular formula is C23H19N6O+. The van der Waals surface area contributed by atoms with Crippen molar-refractivity contribution in [3.8, 4) is 0 Å². The topological polar surface area (TPSA) is 79.2 Å². The van der Waals surface area contributed by atoms with E-state index in [0.717, 1.165) is 22.2 Å². The van der Waals surface area contributed by atoms with E-state index in [1.54, 1.807) is 27.9 Å². The van der Waals surface area contributed by atoms with Crippen molar-refractivity contribution in [1.82, 2.24) is 19.2 Å². The van der Waals surface area contributed by atoms with E-state index in [-0.39, 0.29) is 5.56 Å². The maximum Gasteiger partial charge on any atom is 0.323 e. The number of nitrogens with zero attached hydrogens (tertiary/aromatic N) is 5. The summed E-state index contributed by atoms with van der Waals surface area (Å²) >= 11 is 0. The lowest BCUT2D eigenvalue weighted by molar-refractivity contribution is -0.357. The molecule has 5 rings (SSSR count). The molecule has 0 spiro atoms. The van der Waals surface area contributed by atoms with Gasteiger partial charge in [0.25, 0.3) is 5.65 Å². The molecule has 0 aliphatic rings. The first-order valence-corrected chi connectivity index (χ1v) is 9.60. The van der Waals surface area contributed by atoms with Crippen molar-refractivity contribution >= 4 is 39.4 Å². The van der Waals surface area contributed by atoms with Gasteiger partial charge in [0.1, 0.15) is 5.52 Å². The second kappa shape index (κ2) is 7.04. The highest BCUT2D eigenvalue weighted by atomic mass is 16.1. The van der Waals surface area contributed by atoms with Gasteiger partial charge in [0.15, 0.2) is 11.7 Å². The molecule has 146 valence electrons. The van der Waals surface area contributed by atoms with Crippen LogP contribution < -0.4 is 10.5 Å². The first-order valence-electron chi connectivity index (χ1n) is 9.60. The summed E-state index contributed by atoms with van der Waals surface area (Å²) in [5, 5.41) is 5.12. The van der Waals surface area contributed by atoms with Crippen molar-refractivity contribution in [3.63, 3.8) is 0 Å². The van der Waals surface area contributed by atoms with E-state index in [4.69, 9.17) is 9.97 Å². The van der Waals surface area contributed by atoms with Gasteiger partial charge < -0.3 is 0 Å². The first kappa shape index (κ1) is 17.9. The van der Waals surface area contributed by atoms with Crippen molar-refractivity contribution in [2.24, 2.45) is 5.10 Å². The molecule has 5 aromatic rings. The molecule has 0 saturated heterocycles. The fourth-order valence-electron chi connectivity index (χ4n) is 3.55. The quantitative estimate of drug-likeness (QED) is 0.346. The Labute approximate surface area is 171 Å². The van der Waals surface area contributed by atoms with Gasteiger partial charge in [-0.05, 0) is 30.2 Å². The summed E-state index contributed by atoms with van der Waals surface area (Å²) in [6.45, 7) is 6.15. The van der Waals surface area contributed by atoms with E-state index in [2.05, 4.69) is 16.7 Å². The van der Waals surface area contributed by atoms with Crippen molar-refractivity contribution in [2.75, 3.05) is 0 Å². The number of fused-ring (bicyclic) bond motifs is 4. The number of H-pyrrole nitrogens is 1. The Bertz CT molecular complexity index is 1530. The third-order valence-electron chi connectivity index (χ3n) is 5.10. The fourth-order valence-corrected chi connectivity index (χ4v) is 3.55. The van der Waals surface area contributed by atoms with E-state index < -0.39 is 0 Å². The molecule has 3 aromatic heterocycles. The molecule has 0 amide bonds. The largest absolute Gasteiger partial charge is 0.323 e. The highest BCUT2D eigenvalue weighted by molar-refractivity contribution is 6.03. The van der Waals surface area contributed by atoms with Crippen LogP contribution in [-0.4, -0.2) is 25.4 Å². The molecule has 0 unspecified atom stereocenters. The molecule has 0 bridgehead atoms. The molecule has 0 fully saturated rings. The van der Waals surface area contributed by atoms with Crippen LogP contribution in [0.5, 0.6) is 0 Å². The minimum absolute atomic E-state index is 0.164. The predicted octanol–water partition coefficient (Wildman–Crippen LogP) is 3.09. The Morgan fingerprint density at radius 2 is 1.83 bits per heavy atom. The maximum absolute atomic E-state index is 13.2. The molecule has 2 aromatic carbocycles. The monoisotopic (exact) mass is 395 g/mol. The number of allylic oxidation sites excluding steroid dienone is 1. The third kappa shape index (κ3) is 2.79. The molecule has 7 heteroatoms. The van der Waals surface area contributed by atoms with E-state index in [9.17, 15) is 4.79 Å². The van der Waals surface area contributed by atoms with Gasteiger partial charge in [0, 0.05) is 0 Å². The molecule has 7 nitrogen and oxygen atoms in total. The number of para-hydroxylation sites is 2. The molecule has 0 aliphatic heterocycles. The van der Waals surface area contributed by atoms with Gasteiger partial charge in [0.2, 0.25) is 5.65 Å². The Morgan fingerprint density at radius 1 is 1.10 bits per heavy atom. The van der Waals surface area contributed by atoms with Crippen LogP contribution in [0.1, 0.15) is 11.1 Å². The molecule has 0 radical (unpaired) electrons. The summed E-state index contributed by atoms with van der Waals surface area (Å²) in [4.78, 5) is 25.9. The maximum atomic E-state index is 13.2. The Morgan fingerprint density at radius 3 is 2.60 bits per heavy atom. The number of aromatic amines is 1. The Hall–Kier alpha value is -4.13. The minimum Gasteiger partial charge on any atom is -0.250 e. The highest BCUT2D eigenvalue weighted by Gasteiger charge is 2.24. The summed E-state index contributed by atoms with van der Waals surface area (Å²) in [6, 6.07) is 15.6. The molecular weight excluding hydrogens is 376 g/mol. The van der Waals surface area contributed by atoms with Crippen molar-refractivity contribution < 1.29 is 4.98 Å². The van der Waals surface area contributed by atoms with E-state index in [1.165, 1.54) is 0 Å². The van der Waals surface area contributed by atoms with Gasteiger partial charge in [-0.3, -0.25) is 0 Å². The van der Waals surface area contributed by atoms with Crippen molar-refractivity contribution in [3.05, 3.63) is 89.0 Å². The summed E-state index contributed by atoms with van der Waals surface area (Å²) < 4.78 is 3.21. The number of hydrogen-bond acceptors (Lipinski definition) is 4.